The van der Waals surface area contributed by atoms with Gasteiger partial charge in [0.15, 0.2) is 0 Å². The van der Waals surface area contributed by atoms with Crippen LogP contribution in [0.2, 0.25) is 19.6 Å². The van der Waals surface area contributed by atoms with Crippen molar-refractivity contribution in [1.82, 2.24) is 0 Å². The van der Waals surface area contributed by atoms with Gasteiger partial charge in [-0.25, -0.2) is 0 Å². The quantitative estimate of drug-likeness (QED) is 0.632. The summed E-state index contributed by atoms with van der Waals surface area (Å²) in [6.07, 6.45) is 6.86. The Morgan fingerprint density at radius 1 is 1.18 bits per heavy atom. The Morgan fingerprint density at radius 3 is 2.53 bits per heavy atom. The number of rotatable bonds is 1. The van der Waals surface area contributed by atoms with E-state index >= 15 is 0 Å². The lowest BCUT2D eigenvalue weighted by atomic mass is 9.75. The van der Waals surface area contributed by atoms with Crippen molar-refractivity contribution in [3.8, 4) is 0 Å². The molecule has 0 aliphatic heterocycles. The van der Waals surface area contributed by atoms with E-state index in [0.717, 1.165) is 12.8 Å². The molecule has 0 N–H and O–H groups in total. The molecule has 0 aromatic rings. The lowest BCUT2D eigenvalue weighted by Crippen LogP contribution is -2.29. The van der Waals surface area contributed by atoms with E-state index in [9.17, 15) is 4.79 Å². The van der Waals surface area contributed by atoms with Crippen molar-refractivity contribution in [2.45, 2.75) is 65.1 Å². The molecule has 0 aromatic carbocycles. The van der Waals surface area contributed by atoms with Crippen LogP contribution in [0.4, 0.5) is 0 Å². The van der Waals surface area contributed by atoms with Crippen molar-refractivity contribution in [2.24, 2.45) is 11.3 Å². The van der Waals surface area contributed by atoms with Crippen molar-refractivity contribution < 1.29 is 4.79 Å². The largest absolute Gasteiger partial charge is 0.299 e. The predicted octanol–water partition coefficient (Wildman–Crippen LogP) is 4.35. The summed E-state index contributed by atoms with van der Waals surface area (Å²) in [6, 6.07) is 0. The molecule has 0 heterocycles. The van der Waals surface area contributed by atoms with Gasteiger partial charge in [0.25, 0.3) is 0 Å². The predicted molar refractivity (Wildman–Crippen MR) is 75.7 cm³/mol. The topological polar surface area (TPSA) is 17.1 Å². The van der Waals surface area contributed by atoms with E-state index in [1.807, 2.05) is 0 Å². The average molecular weight is 250 g/mol. The van der Waals surface area contributed by atoms with Gasteiger partial charge in [-0.05, 0) is 31.1 Å². The van der Waals surface area contributed by atoms with Crippen molar-refractivity contribution in [3.63, 3.8) is 0 Å². The van der Waals surface area contributed by atoms with Crippen LogP contribution in [0.25, 0.3) is 0 Å². The molecule has 0 bridgehead atoms. The Hall–Kier alpha value is -0.373. The zero-order valence-corrected chi connectivity index (χ0v) is 12.8. The van der Waals surface area contributed by atoms with E-state index in [1.165, 1.54) is 31.3 Å². The highest BCUT2D eigenvalue weighted by Gasteiger charge is 2.46. The normalized spacial score (nSPS) is 37.1. The zero-order valence-electron chi connectivity index (χ0n) is 11.8. The molecule has 17 heavy (non-hydrogen) atoms. The molecule has 1 nitrogen and oxygen atoms in total. The number of hydrogen-bond donors (Lipinski definition) is 0. The molecule has 0 spiro atoms. The smallest absolute Gasteiger partial charge is 0.140 e. The molecule has 0 amide bonds. The second-order valence-corrected chi connectivity index (χ2v) is 12.4. The van der Waals surface area contributed by atoms with E-state index in [1.54, 1.807) is 0 Å². The maximum Gasteiger partial charge on any atom is 0.140 e. The van der Waals surface area contributed by atoms with Gasteiger partial charge >= 0.3 is 0 Å². The van der Waals surface area contributed by atoms with Gasteiger partial charge in [-0.3, -0.25) is 4.79 Å². The first kappa shape index (κ1) is 13.1. The van der Waals surface area contributed by atoms with Crippen LogP contribution in [0, 0.1) is 11.3 Å². The third-order valence-corrected chi connectivity index (χ3v) is 5.65. The molecule has 2 aliphatic rings. The molecular formula is C15H26OSi. The molecule has 2 rings (SSSR count). The Labute approximate surface area is 107 Å². The van der Waals surface area contributed by atoms with Gasteiger partial charge in [-0.1, -0.05) is 44.3 Å². The molecule has 0 radical (unpaired) electrons. The Kier molecular flexibility index (Phi) is 3.37. The molecule has 96 valence electrons. The second-order valence-electron chi connectivity index (χ2n) is 7.35. The molecule has 2 fully saturated rings. The fourth-order valence-electron chi connectivity index (χ4n) is 3.72. The number of fused-ring (bicyclic) bond motifs is 1. The first-order chi connectivity index (χ1) is 7.82. The third kappa shape index (κ3) is 2.73. The Morgan fingerprint density at radius 2 is 1.88 bits per heavy atom. The molecule has 0 aromatic heterocycles. The SMILES string of the molecule is C[C@@]12CCCCC(=O)C1/C(=C/[Si](C)(C)C)CC2. The molecule has 2 aliphatic carbocycles. The summed E-state index contributed by atoms with van der Waals surface area (Å²) in [7, 11) is -1.19. The maximum atomic E-state index is 12.4. The average Bonchev–Trinajstić information content (AvgIpc) is 2.40. The van der Waals surface area contributed by atoms with Crippen molar-refractivity contribution in [1.29, 1.82) is 0 Å². The number of carbonyl (C=O) groups excluding carboxylic acids is 1. The Bertz CT molecular complexity index is 350. The summed E-state index contributed by atoms with van der Waals surface area (Å²) >= 11 is 0. The van der Waals surface area contributed by atoms with Gasteiger partial charge in [0.1, 0.15) is 5.78 Å². The zero-order chi connectivity index (χ0) is 12.7. The van der Waals surface area contributed by atoms with Crippen LogP contribution in [-0.4, -0.2) is 13.9 Å². The standard InChI is InChI=1S/C15H26OSi/c1-15-9-6-5-7-13(16)14(15)12(8-10-15)11-17(2,3)4/h11,14H,5-10H2,1-4H3/b12-11+/t14?,15-/m0/s1. The first-order valence-electron chi connectivity index (χ1n) is 7.06. The lowest BCUT2D eigenvalue weighted by Gasteiger charge is -2.29. The van der Waals surface area contributed by atoms with Gasteiger partial charge in [-0.15, -0.1) is 0 Å². The van der Waals surface area contributed by atoms with Gasteiger partial charge < -0.3 is 0 Å². The Balaban J connectivity index is 2.33. The van der Waals surface area contributed by atoms with Crippen LogP contribution >= 0.6 is 0 Å². The monoisotopic (exact) mass is 250 g/mol. The molecule has 2 saturated carbocycles. The maximum absolute atomic E-state index is 12.4. The van der Waals surface area contributed by atoms with Gasteiger partial charge in [0.2, 0.25) is 0 Å². The molecular weight excluding hydrogens is 224 g/mol. The van der Waals surface area contributed by atoms with Gasteiger partial charge in [-0.2, -0.15) is 0 Å². The van der Waals surface area contributed by atoms with Crippen molar-refractivity contribution in [3.05, 3.63) is 11.3 Å². The van der Waals surface area contributed by atoms with Crippen molar-refractivity contribution in [2.75, 3.05) is 0 Å². The highest BCUT2D eigenvalue weighted by atomic mass is 28.3. The summed E-state index contributed by atoms with van der Waals surface area (Å²) in [5, 5.41) is 0. The molecule has 2 atom stereocenters. The van der Waals surface area contributed by atoms with Crippen LogP contribution in [0.5, 0.6) is 0 Å². The number of hydrogen-bond acceptors (Lipinski definition) is 1. The first-order valence-corrected chi connectivity index (χ1v) is 10.6. The van der Waals surface area contributed by atoms with E-state index in [2.05, 4.69) is 32.3 Å². The summed E-state index contributed by atoms with van der Waals surface area (Å²) in [5.41, 5.74) is 4.30. The van der Waals surface area contributed by atoms with Crippen molar-refractivity contribution >= 4 is 13.9 Å². The fourth-order valence-corrected chi connectivity index (χ4v) is 5.14. The minimum Gasteiger partial charge on any atom is -0.299 e. The minimum atomic E-state index is -1.19. The van der Waals surface area contributed by atoms with Gasteiger partial charge in [0, 0.05) is 12.3 Å². The second kappa shape index (κ2) is 4.38. The number of carbonyl (C=O) groups is 1. The van der Waals surface area contributed by atoms with Crippen LogP contribution < -0.4 is 0 Å². The molecule has 1 unspecified atom stereocenters. The summed E-state index contributed by atoms with van der Waals surface area (Å²) in [4.78, 5) is 12.4. The van der Waals surface area contributed by atoms with Crippen LogP contribution in [0.1, 0.15) is 45.4 Å². The highest BCUT2D eigenvalue weighted by Crippen LogP contribution is 2.52. The van der Waals surface area contributed by atoms with Crippen LogP contribution in [0.3, 0.4) is 0 Å². The molecule has 0 saturated heterocycles. The van der Waals surface area contributed by atoms with Gasteiger partial charge in [0.05, 0.1) is 8.07 Å². The summed E-state index contributed by atoms with van der Waals surface area (Å²) in [6.45, 7) is 9.47. The number of allylic oxidation sites excluding steroid dienone is 1. The van der Waals surface area contributed by atoms with E-state index in [-0.39, 0.29) is 5.92 Å². The number of ketones is 1. The molecule has 2 heteroatoms. The highest BCUT2D eigenvalue weighted by molar-refractivity contribution is 6.81. The van der Waals surface area contributed by atoms with E-state index < -0.39 is 8.07 Å². The number of Topliss-reactive ketones (excluding diaryl/α,β-unsaturated/α-hetero) is 1. The van der Waals surface area contributed by atoms with Crippen LogP contribution in [-0.2, 0) is 4.79 Å². The summed E-state index contributed by atoms with van der Waals surface area (Å²) in [5.74, 6) is 0.809. The van der Waals surface area contributed by atoms with E-state index in [0.29, 0.717) is 11.2 Å². The lowest BCUT2D eigenvalue weighted by molar-refractivity contribution is -0.123. The minimum absolute atomic E-state index is 0.275. The third-order valence-electron chi connectivity index (χ3n) is 4.41. The fraction of sp³-hybridized carbons (Fsp3) is 0.800. The van der Waals surface area contributed by atoms with Crippen LogP contribution in [0.15, 0.2) is 11.3 Å². The van der Waals surface area contributed by atoms with E-state index in [4.69, 9.17) is 0 Å². The summed E-state index contributed by atoms with van der Waals surface area (Å²) < 4.78 is 0.